The SMILES string of the molecule is Cc1cc(C(=O)NCCCl)cc([N+](=O)[O-])c1. The lowest BCUT2D eigenvalue weighted by Crippen LogP contribution is -2.25. The smallest absolute Gasteiger partial charge is 0.270 e. The molecule has 0 aromatic heterocycles. The Morgan fingerprint density at radius 2 is 2.19 bits per heavy atom. The highest BCUT2D eigenvalue weighted by Gasteiger charge is 2.12. The molecule has 0 heterocycles. The third kappa shape index (κ3) is 3.20. The molecule has 0 aliphatic carbocycles. The van der Waals surface area contributed by atoms with Crippen LogP contribution in [0.1, 0.15) is 15.9 Å². The van der Waals surface area contributed by atoms with E-state index in [-0.39, 0.29) is 17.2 Å². The largest absolute Gasteiger partial charge is 0.351 e. The van der Waals surface area contributed by atoms with Crippen molar-refractivity contribution in [2.45, 2.75) is 6.92 Å². The Morgan fingerprint density at radius 3 is 2.75 bits per heavy atom. The van der Waals surface area contributed by atoms with Crippen molar-refractivity contribution in [3.63, 3.8) is 0 Å². The maximum atomic E-state index is 11.5. The van der Waals surface area contributed by atoms with Crippen molar-refractivity contribution < 1.29 is 9.72 Å². The average Bonchev–Trinajstić information content (AvgIpc) is 2.24. The number of nitrogens with one attached hydrogen (secondary N) is 1. The van der Waals surface area contributed by atoms with E-state index in [4.69, 9.17) is 11.6 Å². The predicted octanol–water partition coefficient (Wildman–Crippen LogP) is 1.87. The summed E-state index contributed by atoms with van der Waals surface area (Å²) < 4.78 is 0. The van der Waals surface area contributed by atoms with E-state index in [2.05, 4.69) is 5.32 Å². The minimum Gasteiger partial charge on any atom is -0.351 e. The van der Waals surface area contributed by atoms with Gasteiger partial charge in [-0.1, -0.05) is 0 Å². The molecule has 1 N–H and O–H groups in total. The minimum absolute atomic E-state index is 0.0870. The summed E-state index contributed by atoms with van der Waals surface area (Å²) in [6, 6.07) is 4.26. The van der Waals surface area contributed by atoms with E-state index in [0.29, 0.717) is 18.0 Å². The molecular formula is C10H11ClN2O3. The lowest BCUT2D eigenvalue weighted by molar-refractivity contribution is -0.384. The molecule has 0 saturated heterocycles. The Bertz CT molecular complexity index is 421. The Kier molecular flexibility index (Phi) is 4.25. The number of nitro benzene ring substituents is 1. The zero-order chi connectivity index (χ0) is 12.1. The highest BCUT2D eigenvalue weighted by Crippen LogP contribution is 2.16. The van der Waals surface area contributed by atoms with E-state index >= 15 is 0 Å². The number of aryl methyl sites for hydroxylation is 1. The fourth-order valence-corrected chi connectivity index (χ4v) is 1.36. The Hall–Kier alpha value is -1.62. The van der Waals surface area contributed by atoms with Gasteiger partial charge >= 0.3 is 0 Å². The van der Waals surface area contributed by atoms with Gasteiger partial charge in [0.1, 0.15) is 0 Å². The van der Waals surface area contributed by atoms with Gasteiger partial charge in [-0.25, -0.2) is 0 Å². The Labute approximate surface area is 97.6 Å². The molecule has 0 unspecified atom stereocenters. The number of nitro groups is 1. The first-order valence-electron chi connectivity index (χ1n) is 4.65. The number of hydrogen-bond donors (Lipinski definition) is 1. The van der Waals surface area contributed by atoms with E-state index < -0.39 is 4.92 Å². The monoisotopic (exact) mass is 242 g/mol. The average molecular weight is 243 g/mol. The van der Waals surface area contributed by atoms with Crippen LogP contribution in [0.15, 0.2) is 18.2 Å². The lowest BCUT2D eigenvalue weighted by Gasteiger charge is -2.04. The van der Waals surface area contributed by atoms with Crippen molar-refractivity contribution in [2.24, 2.45) is 0 Å². The lowest BCUT2D eigenvalue weighted by atomic mass is 10.1. The zero-order valence-corrected chi connectivity index (χ0v) is 9.45. The fourth-order valence-electron chi connectivity index (χ4n) is 1.26. The summed E-state index contributed by atoms with van der Waals surface area (Å²) in [5.74, 6) is -0.0490. The molecule has 0 spiro atoms. The van der Waals surface area contributed by atoms with Gasteiger partial charge in [0.2, 0.25) is 0 Å². The molecule has 0 bridgehead atoms. The highest BCUT2D eigenvalue weighted by molar-refractivity contribution is 6.18. The molecule has 16 heavy (non-hydrogen) atoms. The third-order valence-electron chi connectivity index (χ3n) is 1.92. The van der Waals surface area contributed by atoms with Gasteiger partial charge in [-0.05, 0) is 18.6 Å². The normalized spacial score (nSPS) is 9.88. The van der Waals surface area contributed by atoms with Crippen LogP contribution in [0.5, 0.6) is 0 Å². The number of halogens is 1. The second kappa shape index (κ2) is 5.46. The number of nitrogens with zero attached hydrogens (tertiary/aromatic N) is 1. The van der Waals surface area contributed by atoms with Crippen LogP contribution in [0.25, 0.3) is 0 Å². The fraction of sp³-hybridized carbons (Fsp3) is 0.300. The Morgan fingerprint density at radius 1 is 1.50 bits per heavy atom. The van der Waals surface area contributed by atoms with Crippen molar-refractivity contribution in [3.8, 4) is 0 Å². The van der Waals surface area contributed by atoms with E-state index in [0.717, 1.165) is 0 Å². The van der Waals surface area contributed by atoms with E-state index in [9.17, 15) is 14.9 Å². The van der Waals surface area contributed by atoms with Gasteiger partial charge in [-0.15, -0.1) is 11.6 Å². The number of rotatable bonds is 4. The molecule has 1 amide bonds. The van der Waals surface area contributed by atoms with Crippen molar-refractivity contribution in [2.75, 3.05) is 12.4 Å². The highest BCUT2D eigenvalue weighted by atomic mass is 35.5. The molecule has 0 fully saturated rings. The van der Waals surface area contributed by atoms with Crippen LogP contribution in [-0.4, -0.2) is 23.3 Å². The predicted molar refractivity (Wildman–Crippen MR) is 60.9 cm³/mol. The number of carbonyl (C=O) groups excluding carboxylic acids is 1. The first kappa shape index (κ1) is 12.4. The number of benzene rings is 1. The van der Waals surface area contributed by atoms with Crippen LogP contribution in [0.4, 0.5) is 5.69 Å². The van der Waals surface area contributed by atoms with E-state index in [1.165, 1.54) is 12.1 Å². The maximum Gasteiger partial charge on any atom is 0.270 e. The summed E-state index contributed by atoms with van der Waals surface area (Å²) >= 11 is 5.42. The third-order valence-corrected chi connectivity index (χ3v) is 2.10. The molecule has 1 rings (SSSR count). The molecule has 5 nitrogen and oxygen atoms in total. The second-order valence-electron chi connectivity index (χ2n) is 3.26. The van der Waals surface area contributed by atoms with Crippen LogP contribution in [-0.2, 0) is 0 Å². The molecule has 1 aromatic carbocycles. The van der Waals surface area contributed by atoms with E-state index in [1.54, 1.807) is 13.0 Å². The van der Waals surface area contributed by atoms with E-state index in [1.807, 2.05) is 0 Å². The van der Waals surface area contributed by atoms with Crippen LogP contribution in [0, 0.1) is 17.0 Å². The second-order valence-corrected chi connectivity index (χ2v) is 3.64. The number of carbonyl (C=O) groups is 1. The molecule has 0 radical (unpaired) electrons. The Balaban J connectivity index is 2.95. The standard InChI is InChI=1S/C10H11ClN2O3/c1-7-4-8(10(14)12-3-2-11)6-9(5-7)13(15)16/h4-6H,2-3H2,1H3,(H,12,14). The van der Waals surface area contributed by atoms with Gasteiger partial charge < -0.3 is 5.32 Å². The molecule has 1 aromatic rings. The first-order chi connectivity index (χ1) is 7.54. The quantitative estimate of drug-likeness (QED) is 0.498. The minimum atomic E-state index is -0.522. The first-order valence-corrected chi connectivity index (χ1v) is 5.18. The van der Waals surface area contributed by atoms with Gasteiger partial charge in [-0.3, -0.25) is 14.9 Å². The topological polar surface area (TPSA) is 72.2 Å². The van der Waals surface area contributed by atoms with Crippen molar-refractivity contribution >= 4 is 23.2 Å². The molecule has 86 valence electrons. The number of non-ortho nitro benzene ring substituents is 1. The van der Waals surface area contributed by atoms with Crippen LogP contribution in [0.3, 0.4) is 0 Å². The summed E-state index contributed by atoms with van der Waals surface area (Å²) in [5.41, 5.74) is 0.859. The van der Waals surface area contributed by atoms with Crippen LogP contribution < -0.4 is 5.32 Å². The molecule has 6 heteroatoms. The van der Waals surface area contributed by atoms with Crippen molar-refractivity contribution in [3.05, 3.63) is 39.4 Å². The number of alkyl halides is 1. The summed E-state index contributed by atoms with van der Waals surface area (Å²) in [7, 11) is 0. The number of hydrogen-bond acceptors (Lipinski definition) is 3. The van der Waals surface area contributed by atoms with Gasteiger partial charge in [0.15, 0.2) is 0 Å². The van der Waals surface area contributed by atoms with Crippen molar-refractivity contribution in [1.82, 2.24) is 5.32 Å². The molecule has 0 saturated carbocycles. The van der Waals surface area contributed by atoms with Gasteiger partial charge in [-0.2, -0.15) is 0 Å². The summed E-state index contributed by atoms with van der Waals surface area (Å²) in [4.78, 5) is 21.6. The molecule has 0 aliphatic rings. The summed E-state index contributed by atoms with van der Waals surface area (Å²) in [5, 5.41) is 13.1. The summed E-state index contributed by atoms with van der Waals surface area (Å²) in [6.07, 6.45) is 0. The molecule has 0 aliphatic heterocycles. The van der Waals surface area contributed by atoms with Gasteiger partial charge in [0.05, 0.1) is 4.92 Å². The zero-order valence-electron chi connectivity index (χ0n) is 8.70. The van der Waals surface area contributed by atoms with Crippen molar-refractivity contribution in [1.29, 1.82) is 0 Å². The van der Waals surface area contributed by atoms with Crippen LogP contribution in [0.2, 0.25) is 0 Å². The number of amides is 1. The molecular weight excluding hydrogens is 232 g/mol. The van der Waals surface area contributed by atoms with Gasteiger partial charge in [0.25, 0.3) is 11.6 Å². The van der Waals surface area contributed by atoms with Crippen LogP contribution >= 0.6 is 11.6 Å². The van der Waals surface area contributed by atoms with Gasteiger partial charge in [0, 0.05) is 30.1 Å². The molecule has 0 atom stereocenters. The maximum absolute atomic E-state index is 11.5. The summed E-state index contributed by atoms with van der Waals surface area (Å²) in [6.45, 7) is 2.04.